The first-order chi connectivity index (χ1) is 42.6. The molecule has 18 N–H and O–H groups in total. The van der Waals surface area contributed by atoms with E-state index in [1.54, 1.807) is 0 Å². The lowest BCUT2D eigenvalue weighted by Gasteiger charge is -2.18. The van der Waals surface area contributed by atoms with Crippen LogP contribution in [0.15, 0.2) is 72.8 Å². The van der Waals surface area contributed by atoms with Gasteiger partial charge in [-0.15, -0.1) is 0 Å². The highest BCUT2D eigenvalue weighted by molar-refractivity contribution is 14.1. The number of carboxylic acid groups (broad SMARTS) is 9. The predicted molar refractivity (Wildman–Crippen MR) is 348 cm³/mol. The molecule has 33 heteroatoms. The van der Waals surface area contributed by atoms with E-state index >= 15 is 0 Å². The third-order valence-corrected chi connectivity index (χ3v) is 15.0. The summed E-state index contributed by atoms with van der Waals surface area (Å²) >= 11 is 6.73. The van der Waals surface area contributed by atoms with Crippen LogP contribution in [0.5, 0.6) is 0 Å². The average molecular weight is 1610 g/mol. The number of aliphatic carboxylic acids is 9. The van der Waals surface area contributed by atoms with Gasteiger partial charge in [0.1, 0.15) is 36.3 Å². The molecule has 6 atom stereocenters. The molecule has 0 aliphatic heterocycles. The minimum absolute atomic E-state index is 0.181. The molecule has 498 valence electrons. The van der Waals surface area contributed by atoms with Crippen LogP contribution >= 0.6 is 67.8 Å². The largest absolute Gasteiger partial charge is 0.481 e. The number of hydrogen-bond donors (Lipinski definition) is 18. The smallest absolute Gasteiger partial charge is 0.326 e. The Hall–Kier alpha value is -7.23. The van der Waals surface area contributed by atoms with E-state index in [2.05, 4.69) is 122 Å². The van der Waals surface area contributed by atoms with E-state index in [-0.39, 0.29) is 38.5 Å². The van der Waals surface area contributed by atoms with Crippen molar-refractivity contribution < 1.29 is 103 Å². The van der Waals surface area contributed by atoms with Crippen molar-refractivity contribution >= 4 is 140 Å². The molecule has 0 heterocycles. The maximum Gasteiger partial charge on any atom is 0.326 e. The number of unbranched alkanes of at least 4 members (excludes halogenated alkanes) is 3. The predicted octanol–water partition coefficient (Wildman–Crippen LogP) is 4.86. The molecular weight excluding hydrogens is 1530 g/mol. The van der Waals surface area contributed by atoms with Gasteiger partial charge in [0.15, 0.2) is 0 Å². The lowest BCUT2D eigenvalue weighted by atomic mass is 10.1. The molecule has 0 saturated carbocycles. The summed E-state index contributed by atoms with van der Waals surface area (Å²) in [5.74, 6) is -11.4. The molecule has 0 radical (unpaired) electrons. The number of carbonyl (C=O) groups excluding carboxylic acids is 3. The first-order valence-corrected chi connectivity index (χ1v) is 31.4. The lowest BCUT2D eigenvalue weighted by molar-refractivity contribution is -0.142. The van der Waals surface area contributed by atoms with Gasteiger partial charge in [-0.3, -0.25) is 14.4 Å². The van der Waals surface area contributed by atoms with Gasteiger partial charge >= 0.3 is 71.8 Å². The molecule has 30 nitrogen and oxygen atoms in total. The number of rotatable bonds is 42. The van der Waals surface area contributed by atoms with Crippen LogP contribution in [0.25, 0.3) is 0 Å². The van der Waals surface area contributed by atoms with Crippen LogP contribution < -0.4 is 47.9 Å². The van der Waals surface area contributed by atoms with Gasteiger partial charge < -0.3 is 93.8 Å². The summed E-state index contributed by atoms with van der Waals surface area (Å²) in [5.41, 5.74) is 3.48. The van der Waals surface area contributed by atoms with E-state index in [0.29, 0.717) is 77.8 Å². The Balaban J connectivity index is 0.000000675. The maximum absolute atomic E-state index is 11.9. The Kier molecular flexibility index (Phi) is 42.0. The zero-order valence-corrected chi connectivity index (χ0v) is 55.3. The van der Waals surface area contributed by atoms with Crippen molar-refractivity contribution in [2.45, 2.75) is 152 Å². The second-order valence-corrected chi connectivity index (χ2v) is 23.5. The van der Waals surface area contributed by atoms with Crippen molar-refractivity contribution in [2.75, 3.05) is 19.6 Å². The van der Waals surface area contributed by atoms with Crippen LogP contribution in [0.3, 0.4) is 0 Å². The Morgan fingerprint density at radius 3 is 0.978 bits per heavy atom. The molecule has 0 fully saturated rings. The van der Waals surface area contributed by atoms with Gasteiger partial charge in [0.05, 0.1) is 0 Å². The standard InChI is InChI=1S/3C19H26IN3O7/c20-13-5-3-4-12(10-13)11-21-9-2-1-6-14(17(26)27)22-19(30)23-15(18(28)29)7-8-16(24)25;20-13-6-2-1-5-12(13)11-21-10-4-3-7-14(17(26)27)22-19(30)23-15(18(28)29)8-9-16(24)25;20-13-6-4-12(5-7-13)11-21-10-2-1-3-14(17(26)27)22-19(30)23-15(18(28)29)8-9-16(24)25/h3-5,10,14-15,21H,1-2,6-9,11H2,(H,24,25)(H,26,27)(H,28,29)(H2,22,23,30);1-2,5-6,14-15,21H,3-4,7-11H2,(H,24,25)(H,26,27)(H,28,29)(H2,22,23,30);4-7,14-15,21H,1-3,8-11H2,(H,24,25)(H,26,27)(H,28,29)(H2,22,23,30)/t3*14-,15-/m000/s1. The molecule has 0 saturated heterocycles. The van der Waals surface area contributed by atoms with Crippen molar-refractivity contribution in [3.8, 4) is 0 Å². The highest BCUT2D eigenvalue weighted by Gasteiger charge is 2.28. The number of hydrogen-bond acceptors (Lipinski definition) is 15. The zero-order valence-electron chi connectivity index (χ0n) is 48.8. The van der Waals surface area contributed by atoms with Gasteiger partial charge in [-0.05, 0) is 211 Å². The molecule has 0 aliphatic carbocycles. The Labute approximate surface area is 559 Å². The summed E-state index contributed by atoms with van der Waals surface area (Å²) in [6.07, 6.45) is 2.05. The minimum atomic E-state index is -1.42. The molecule has 6 amide bonds. The monoisotopic (exact) mass is 1610 g/mol. The van der Waals surface area contributed by atoms with Crippen LogP contribution in [-0.4, -0.2) is 174 Å². The second kappa shape index (κ2) is 46.8. The summed E-state index contributed by atoms with van der Waals surface area (Å²) in [6.45, 7) is 4.15. The number of halogens is 3. The van der Waals surface area contributed by atoms with Crippen molar-refractivity contribution in [1.82, 2.24) is 47.9 Å². The van der Waals surface area contributed by atoms with E-state index in [0.717, 1.165) is 21.8 Å². The van der Waals surface area contributed by atoms with Crippen molar-refractivity contribution in [3.05, 3.63) is 100 Å². The zero-order chi connectivity index (χ0) is 67.6. The van der Waals surface area contributed by atoms with E-state index < -0.39 is 127 Å². The SMILES string of the molecule is O=C(O)CC[C@H](NC(=O)N[C@@H](CCCCNCc1ccc(I)cc1)C(=O)O)C(=O)O.O=C(O)CC[C@H](NC(=O)N[C@@H](CCCCNCc1cccc(I)c1)C(=O)O)C(=O)O.O=C(O)CC[C@H](NC(=O)N[C@@H](CCCCNCc1ccccc1I)C(=O)O)C(=O)O. The van der Waals surface area contributed by atoms with Crippen LogP contribution in [0.2, 0.25) is 0 Å². The third kappa shape index (κ3) is 39.7. The van der Waals surface area contributed by atoms with Crippen LogP contribution in [0.4, 0.5) is 14.4 Å². The van der Waals surface area contributed by atoms with E-state index in [1.807, 2.05) is 66.7 Å². The maximum atomic E-state index is 11.9. The van der Waals surface area contributed by atoms with E-state index in [9.17, 15) is 72.9 Å². The molecule has 0 aromatic heterocycles. The first-order valence-electron chi connectivity index (χ1n) is 28.2. The van der Waals surface area contributed by atoms with Gasteiger partial charge in [-0.1, -0.05) is 42.5 Å². The molecule has 0 spiro atoms. The van der Waals surface area contributed by atoms with E-state index in [4.69, 9.17) is 30.6 Å². The minimum Gasteiger partial charge on any atom is -0.481 e. The fraction of sp³-hybridized carbons (Fsp3) is 0.474. The molecule has 0 bridgehead atoms. The van der Waals surface area contributed by atoms with Crippen LogP contribution in [-0.2, 0) is 62.8 Å². The van der Waals surface area contributed by atoms with Crippen molar-refractivity contribution in [1.29, 1.82) is 0 Å². The number of carboxylic acids is 9. The average Bonchev–Trinajstić information content (AvgIpc) is 3.17. The Morgan fingerprint density at radius 2 is 0.656 bits per heavy atom. The number of urea groups is 3. The summed E-state index contributed by atoms with van der Waals surface area (Å²) < 4.78 is 3.46. The number of nitrogens with one attached hydrogen (secondary N) is 9. The quantitative estimate of drug-likeness (QED) is 0.0266. The van der Waals surface area contributed by atoms with Gasteiger partial charge in [0.25, 0.3) is 0 Å². The van der Waals surface area contributed by atoms with E-state index in [1.165, 1.54) is 5.56 Å². The molecule has 3 aromatic carbocycles. The molecule has 0 unspecified atom stereocenters. The summed E-state index contributed by atoms with van der Waals surface area (Å²) in [7, 11) is 0. The van der Waals surface area contributed by atoms with Gasteiger partial charge in [0, 0.05) is 49.6 Å². The highest BCUT2D eigenvalue weighted by Crippen LogP contribution is 2.13. The molecule has 0 aliphatic rings. The summed E-state index contributed by atoms with van der Waals surface area (Å²) in [4.78, 5) is 135. The normalized spacial score (nSPS) is 12.6. The van der Waals surface area contributed by atoms with Gasteiger partial charge in [-0.25, -0.2) is 43.2 Å². The Bertz CT molecular complexity index is 2800. The number of amides is 6. The lowest BCUT2D eigenvalue weighted by Crippen LogP contribution is -2.51. The van der Waals surface area contributed by atoms with Gasteiger partial charge in [0.2, 0.25) is 0 Å². The van der Waals surface area contributed by atoms with Crippen LogP contribution in [0, 0.1) is 10.7 Å². The van der Waals surface area contributed by atoms with Gasteiger partial charge in [-0.2, -0.15) is 0 Å². The highest BCUT2D eigenvalue weighted by atomic mass is 127. The third-order valence-electron chi connectivity index (χ3n) is 12.6. The topological polar surface area (TPSA) is 495 Å². The molecule has 3 rings (SSSR count). The number of benzene rings is 3. The molecule has 90 heavy (non-hydrogen) atoms. The first kappa shape index (κ1) is 80.8. The van der Waals surface area contributed by atoms with Crippen molar-refractivity contribution in [2.24, 2.45) is 0 Å². The van der Waals surface area contributed by atoms with Crippen molar-refractivity contribution in [3.63, 3.8) is 0 Å². The number of carbonyl (C=O) groups is 12. The Morgan fingerprint density at radius 1 is 0.333 bits per heavy atom. The van der Waals surface area contributed by atoms with Crippen LogP contribution in [0.1, 0.15) is 113 Å². The second-order valence-electron chi connectivity index (χ2n) is 19.9. The fourth-order valence-electron chi connectivity index (χ4n) is 7.80. The summed E-state index contributed by atoms with van der Waals surface area (Å²) in [5, 5.41) is 104. The molecule has 3 aromatic rings. The fourth-order valence-corrected chi connectivity index (χ4v) is 9.34. The molecular formula is C57H78I3N9O21. The summed E-state index contributed by atoms with van der Waals surface area (Å²) in [6, 6.07) is 13.5.